The summed E-state index contributed by atoms with van der Waals surface area (Å²) in [5.74, 6) is 0.975. The number of nitrogens with zero attached hydrogens (tertiary/aromatic N) is 1. The van der Waals surface area contributed by atoms with E-state index in [0.717, 1.165) is 5.75 Å². The van der Waals surface area contributed by atoms with Crippen LogP contribution < -0.4 is 4.74 Å². The quantitative estimate of drug-likeness (QED) is 0.565. The van der Waals surface area contributed by atoms with E-state index >= 15 is 0 Å². The topological polar surface area (TPSA) is 14.2 Å². The third-order valence-corrected chi connectivity index (χ3v) is 3.32. The molecule has 0 spiro atoms. The summed E-state index contributed by atoms with van der Waals surface area (Å²) in [7, 11) is 0. The fourth-order valence-electron chi connectivity index (χ4n) is 2.51. The molecule has 2 nitrogen and oxygen atoms in total. The molecule has 0 unspecified atom stereocenters. The first kappa shape index (κ1) is 8.88. The number of hydrogen-bond acceptors (Lipinski definition) is 1. The van der Waals surface area contributed by atoms with Crippen molar-refractivity contribution in [2.45, 2.75) is 6.73 Å². The highest BCUT2D eigenvalue weighted by Crippen LogP contribution is 2.37. The molecule has 0 radical (unpaired) electrons. The van der Waals surface area contributed by atoms with Crippen molar-refractivity contribution in [2.75, 3.05) is 0 Å². The van der Waals surface area contributed by atoms with Gasteiger partial charge in [0.25, 0.3) is 0 Å². The third kappa shape index (κ3) is 1.15. The molecule has 0 atom stereocenters. The van der Waals surface area contributed by atoms with Crippen LogP contribution in [0, 0.1) is 0 Å². The van der Waals surface area contributed by atoms with Crippen LogP contribution in [0.15, 0.2) is 54.6 Å². The van der Waals surface area contributed by atoms with Gasteiger partial charge in [-0.25, -0.2) is 0 Å². The summed E-state index contributed by atoms with van der Waals surface area (Å²) in [6.07, 6.45) is 0. The zero-order valence-electron chi connectivity index (χ0n) is 9.26. The summed E-state index contributed by atoms with van der Waals surface area (Å²) in [5, 5.41) is 1.27. The second kappa shape index (κ2) is 3.14. The van der Waals surface area contributed by atoms with Crippen LogP contribution in [-0.4, -0.2) is 4.57 Å². The number of fused-ring (bicyclic) bond motifs is 5. The molecule has 2 aromatic carbocycles. The summed E-state index contributed by atoms with van der Waals surface area (Å²) < 4.78 is 8.00. The molecule has 0 aliphatic carbocycles. The van der Waals surface area contributed by atoms with Crippen molar-refractivity contribution in [2.24, 2.45) is 0 Å². The van der Waals surface area contributed by atoms with Crippen molar-refractivity contribution >= 4 is 10.9 Å². The van der Waals surface area contributed by atoms with Crippen molar-refractivity contribution in [3.05, 3.63) is 54.6 Å². The molecule has 3 aromatic rings. The van der Waals surface area contributed by atoms with Gasteiger partial charge in [-0.3, -0.25) is 0 Å². The van der Waals surface area contributed by atoms with E-state index in [9.17, 15) is 0 Å². The molecule has 1 aliphatic heterocycles. The Morgan fingerprint density at radius 2 is 1.76 bits per heavy atom. The van der Waals surface area contributed by atoms with Crippen molar-refractivity contribution in [1.29, 1.82) is 0 Å². The first-order valence-corrected chi connectivity index (χ1v) is 5.74. The summed E-state index contributed by atoms with van der Waals surface area (Å²) in [5.41, 5.74) is 3.65. The Hall–Kier alpha value is -2.22. The molecule has 0 amide bonds. The molecule has 0 N–H and O–H groups in total. The van der Waals surface area contributed by atoms with Gasteiger partial charge in [0.1, 0.15) is 5.75 Å². The smallest absolute Gasteiger partial charge is 0.165 e. The fraction of sp³-hybridized carbons (Fsp3) is 0.0667. The van der Waals surface area contributed by atoms with Gasteiger partial charge in [-0.15, -0.1) is 0 Å². The first-order valence-electron chi connectivity index (χ1n) is 5.74. The number of para-hydroxylation sites is 2. The molecule has 82 valence electrons. The Balaban J connectivity index is 2.10. The lowest BCUT2D eigenvalue weighted by Gasteiger charge is -2.20. The minimum atomic E-state index is 0.597. The van der Waals surface area contributed by atoms with Crippen LogP contribution >= 0.6 is 0 Å². The minimum Gasteiger partial charge on any atom is -0.472 e. The van der Waals surface area contributed by atoms with Crippen LogP contribution in [0.2, 0.25) is 0 Å². The Kier molecular flexibility index (Phi) is 1.64. The molecule has 2 heterocycles. The molecule has 2 heteroatoms. The van der Waals surface area contributed by atoms with Gasteiger partial charge in [-0.1, -0.05) is 30.3 Å². The second-order valence-electron chi connectivity index (χ2n) is 4.29. The fourth-order valence-corrected chi connectivity index (χ4v) is 2.51. The van der Waals surface area contributed by atoms with E-state index in [0.29, 0.717) is 6.73 Å². The maximum absolute atomic E-state index is 5.78. The van der Waals surface area contributed by atoms with E-state index in [1.807, 2.05) is 12.1 Å². The lowest BCUT2D eigenvalue weighted by molar-refractivity contribution is 0.235. The standard InChI is InChI=1S/C15H11NO/c1-3-7-13-11(5-1)9-14-12-6-2-4-8-15(12)17-10-16(13)14/h1-9H,10H2. The van der Waals surface area contributed by atoms with Gasteiger partial charge in [0.15, 0.2) is 6.73 Å². The molecule has 0 fully saturated rings. The highest BCUT2D eigenvalue weighted by Gasteiger charge is 2.18. The normalized spacial score (nSPS) is 12.9. The molecular weight excluding hydrogens is 210 g/mol. The lowest BCUT2D eigenvalue weighted by atomic mass is 10.1. The average Bonchev–Trinajstić information content (AvgIpc) is 2.78. The van der Waals surface area contributed by atoms with Crippen molar-refractivity contribution in [3.63, 3.8) is 0 Å². The second-order valence-corrected chi connectivity index (χ2v) is 4.29. The molecule has 4 rings (SSSR count). The first-order chi connectivity index (χ1) is 8.43. The number of rotatable bonds is 0. The zero-order chi connectivity index (χ0) is 11.2. The van der Waals surface area contributed by atoms with Gasteiger partial charge < -0.3 is 9.30 Å². The van der Waals surface area contributed by atoms with Crippen LogP contribution in [0.3, 0.4) is 0 Å². The number of benzene rings is 2. The van der Waals surface area contributed by atoms with Crippen LogP contribution in [-0.2, 0) is 6.73 Å². The SMILES string of the molecule is c1ccc2c(c1)OCn1c-2cc2ccccc21. The van der Waals surface area contributed by atoms with Crippen LogP contribution in [0.5, 0.6) is 5.75 Å². The van der Waals surface area contributed by atoms with Gasteiger partial charge in [-0.05, 0) is 24.3 Å². The summed E-state index contributed by atoms with van der Waals surface area (Å²) in [4.78, 5) is 0. The Morgan fingerprint density at radius 3 is 2.76 bits per heavy atom. The summed E-state index contributed by atoms with van der Waals surface area (Å²) in [6, 6.07) is 18.8. The molecule has 1 aromatic heterocycles. The van der Waals surface area contributed by atoms with Crippen molar-refractivity contribution in [3.8, 4) is 17.0 Å². The molecule has 0 bridgehead atoms. The van der Waals surface area contributed by atoms with E-state index < -0.39 is 0 Å². The highest BCUT2D eigenvalue weighted by atomic mass is 16.5. The Bertz CT molecular complexity index is 712. The van der Waals surface area contributed by atoms with Gasteiger partial charge in [-0.2, -0.15) is 0 Å². The lowest BCUT2D eigenvalue weighted by Crippen LogP contribution is -2.11. The predicted octanol–water partition coefficient (Wildman–Crippen LogP) is 3.66. The van der Waals surface area contributed by atoms with E-state index in [-0.39, 0.29) is 0 Å². The summed E-state index contributed by atoms with van der Waals surface area (Å²) in [6.45, 7) is 0.597. The van der Waals surface area contributed by atoms with E-state index in [2.05, 4.69) is 47.0 Å². The van der Waals surface area contributed by atoms with Gasteiger partial charge in [0, 0.05) is 10.9 Å². The number of hydrogen-bond donors (Lipinski definition) is 0. The Labute approximate surface area is 99.1 Å². The van der Waals surface area contributed by atoms with Crippen LogP contribution in [0.1, 0.15) is 0 Å². The zero-order valence-corrected chi connectivity index (χ0v) is 9.26. The van der Waals surface area contributed by atoms with Crippen LogP contribution in [0.4, 0.5) is 0 Å². The van der Waals surface area contributed by atoms with Gasteiger partial charge in [0.2, 0.25) is 0 Å². The number of ether oxygens (including phenoxy) is 1. The van der Waals surface area contributed by atoms with Crippen molar-refractivity contribution < 1.29 is 4.74 Å². The van der Waals surface area contributed by atoms with E-state index in [4.69, 9.17) is 4.74 Å². The largest absolute Gasteiger partial charge is 0.472 e. The van der Waals surface area contributed by atoms with Crippen molar-refractivity contribution in [1.82, 2.24) is 4.57 Å². The summed E-state index contributed by atoms with van der Waals surface area (Å²) >= 11 is 0. The highest BCUT2D eigenvalue weighted by molar-refractivity contribution is 5.88. The predicted molar refractivity (Wildman–Crippen MR) is 68.0 cm³/mol. The van der Waals surface area contributed by atoms with Gasteiger partial charge in [0.05, 0.1) is 11.2 Å². The van der Waals surface area contributed by atoms with E-state index in [1.54, 1.807) is 0 Å². The number of aromatic nitrogens is 1. The minimum absolute atomic E-state index is 0.597. The molecule has 1 aliphatic rings. The third-order valence-electron chi connectivity index (χ3n) is 3.32. The Morgan fingerprint density at radius 1 is 0.941 bits per heavy atom. The average molecular weight is 221 g/mol. The van der Waals surface area contributed by atoms with Gasteiger partial charge >= 0.3 is 0 Å². The van der Waals surface area contributed by atoms with Crippen LogP contribution in [0.25, 0.3) is 22.2 Å². The maximum atomic E-state index is 5.78. The molecular formula is C15H11NO. The molecule has 0 saturated carbocycles. The van der Waals surface area contributed by atoms with E-state index in [1.165, 1.54) is 22.2 Å². The monoisotopic (exact) mass is 221 g/mol. The molecule has 0 saturated heterocycles. The molecule has 17 heavy (non-hydrogen) atoms. The maximum Gasteiger partial charge on any atom is 0.165 e.